The van der Waals surface area contributed by atoms with E-state index in [0.717, 1.165) is 17.7 Å². The summed E-state index contributed by atoms with van der Waals surface area (Å²) in [7, 11) is 0. The van der Waals surface area contributed by atoms with Crippen LogP contribution < -0.4 is 4.74 Å². The zero-order valence-corrected chi connectivity index (χ0v) is 14.4. The van der Waals surface area contributed by atoms with Gasteiger partial charge in [0.2, 0.25) is 0 Å². The first-order valence-corrected chi connectivity index (χ1v) is 8.31. The van der Waals surface area contributed by atoms with Gasteiger partial charge in [-0.15, -0.1) is 0 Å². The van der Waals surface area contributed by atoms with Crippen LogP contribution in [-0.4, -0.2) is 14.9 Å². The first kappa shape index (κ1) is 17.5. The molecule has 0 bridgehead atoms. The summed E-state index contributed by atoms with van der Waals surface area (Å²) in [6.45, 7) is 7.13. The lowest BCUT2D eigenvalue weighted by atomic mass is 10.2. The van der Waals surface area contributed by atoms with Gasteiger partial charge in [-0.1, -0.05) is 30.3 Å². The number of phenols is 1. The van der Waals surface area contributed by atoms with Crippen molar-refractivity contribution < 1.29 is 18.6 Å². The minimum absolute atomic E-state index is 0.0287. The zero-order chi connectivity index (χ0) is 19.7. The van der Waals surface area contributed by atoms with Crippen molar-refractivity contribution in [2.24, 2.45) is 0 Å². The molecule has 0 unspecified atom stereocenters. The molecule has 0 aliphatic heterocycles. The van der Waals surface area contributed by atoms with E-state index in [0.29, 0.717) is 10.9 Å². The Labute approximate surface area is 158 Å². The number of benzene rings is 3. The van der Waals surface area contributed by atoms with Crippen LogP contribution in [0.2, 0.25) is 0 Å². The van der Waals surface area contributed by atoms with Gasteiger partial charge in [-0.05, 0) is 17.7 Å². The van der Waals surface area contributed by atoms with E-state index in [1.807, 2.05) is 18.2 Å². The van der Waals surface area contributed by atoms with Crippen molar-refractivity contribution in [1.82, 2.24) is 9.78 Å². The second-order valence-corrected chi connectivity index (χ2v) is 6.08. The fourth-order valence-corrected chi connectivity index (χ4v) is 2.90. The molecule has 0 atom stereocenters. The van der Waals surface area contributed by atoms with E-state index < -0.39 is 17.4 Å². The Bertz CT molecular complexity index is 1190. The summed E-state index contributed by atoms with van der Waals surface area (Å²) in [5.41, 5.74) is 1.45. The average Bonchev–Trinajstić information content (AvgIpc) is 3.12. The van der Waals surface area contributed by atoms with Crippen molar-refractivity contribution >= 4 is 16.6 Å². The predicted octanol–water partition coefficient (Wildman–Crippen LogP) is 5.14. The van der Waals surface area contributed by atoms with Gasteiger partial charge in [0, 0.05) is 12.1 Å². The highest BCUT2D eigenvalue weighted by Gasteiger charge is 2.17. The summed E-state index contributed by atoms with van der Waals surface area (Å²) in [5.74, 6) is -2.35. The third kappa shape index (κ3) is 3.12. The summed E-state index contributed by atoms with van der Waals surface area (Å²) >= 11 is 0. The van der Waals surface area contributed by atoms with Crippen LogP contribution in [0.3, 0.4) is 0 Å². The van der Waals surface area contributed by atoms with Gasteiger partial charge in [-0.25, -0.2) is 18.3 Å². The van der Waals surface area contributed by atoms with E-state index in [1.165, 1.54) is 23.0 Å². The summed E-state index contributed by atoms with van der Waals surface area (Å²) in [6, 6.07) is 14.0. The molecule has 0 radical (unpaired) electrons. The molecule has 28 heavy (non-hydrogen) atoms. The maximum atomic E-state index is 14.5. The van der Waals surface area contributed by atoms with Crippen LogP contribution in [0, 0.1) is 18.2 Å². The minimum Gasteiger partial charge on any atom is -0.509 e. The molecular formula is C21H13F2N3O2. The largest absolute Gasteiger partial charge is 0.509 e. The van der Waals surface area contributed by atoms with Gasteiger partial charge in [0.15, 0.2) is 23.1 Å². The molecule has 1 aromatic heterocycles. The maximum Gasteiger partial charge on any atom is 0.193 e. The van der Waals surface area contributed by atoms with Crippen molar-refractivity contribution in [3.63, 3.8) is 0 Å². The topological polar surface area (TPSA) is 51.6 Å². The number of nitrogens with zero attached hydrogens (tertiary/aromatic N) is 3. The Kier molecular flexibility index (Phi) is 4.38. The van der Waals surface area contributed by atoms with Gasteiger partial charge < -0.3 is 9.84 Å². The minimum atomic E-state index is -0.875. The molecular weight excluding hydrogens is 364 g/mol. The van der Waals surface area contributed by atoms with Gasteiger partial charge in [0.05, 0.1) is 29.4 Å². The smallest absolute Gasteiger partial charge is 0.193 e. The van der Waals surface area contributed by atoms with Crippen LogP contribution in [0.25, 0.3) is 21.4 Å². The van der Waals surface area contributed by atoms with Crippen molar-refractivity contribution in [3.8, 4) is 17.2 Å². The molecule has 0 saturated heterocycles. The van der Waals surface area contributed by atoms with E-state index >= 15 is 0 Å². The van der Waals surface area contributed by atoms with Crippen molar-refractivity contribution in [2.75, 3.05) is 0 Å². The second kappa shape index (κ2) is 7.00. The first-order chi connectivity index (χ1) is 13.6. The molecule has 0 fully saturated rings. The summed E-state index contributed by atoms with van der Waals surface area (Å²) < 4.78 is 35.6. The number of aromatic hydroxyl groups is 1. The number of phenolic OH excluding ortho intramolecular Hbond substituents is 1. The molecule has 0 aliphatic rings. The molecule has 138 valence electrons. The highest BCUT2D eigenvalue weighted by molar-refractivity contribution is 5.89. The lowest BCUT2D eigenvalue weighted by Gasteiger charge is -2.11. The number of rotatable bonds is 4. The third-order valence-corrected chi connectivity index (χ3v) is 4.23. The van der Waals surface area contributed by atoms with Crippen LogP contribution in [0.4, 0.5) is 14.5 Å². The highest BCUT2D eigenvalue weighted by Crippen LogP contribution is 2.33. The quantitative estimate of drug-likeness (QED) is 0.501. The number of hydrogen-bond acceptors (Lipinski definition) is 3. The fraction of sp³-hybridized carbons (Fsp3) is 0.0476. The SMILES string of the molecule is [C-]#[N+]c1cc(O)c2cnn(-c3cc(F)c(OCc4ccccc4)c(F)c3)c2c1. The van der Waals surface area contributed by atoms with E-state index in [4.69, 9.17) is 11.3 Å². The van der Waals surface area contributed by atoms with Crippen molar-refractivity contribution in [3.05, 3.63) is 89.4 Å². The van der Waals surface area contributed by atoms with Gasteiger partial charge in [-0.3, -0.25) is 0 Å². The number of aromatic nitrogens is 2. The van der Waals surface area contributed by atoms with E-state index in [2.05, 4.69) is 9.94 Å². The second-order valence-electron chi connectivity index (χ2n) is 6.08. The third-order valence-electron chi connectivity index (χ3n) is 4.23. The van der Waals surface area contributed by atoms with Crippen LogP contribution in [0.1, 0.15) is 5.56 Å². The number of ether oxygens (including phenoxy) is 1. The predicted molar refractivity (Wildman–Crippen MR) is 99.7 cm³/mol. The normalized spacial score (nSPS) is 10.8. The summed E-state index contributed by atoms with van der Waals surface area (Å²) in [6.07, 6.45) is 1.37. The molecule has 0 aliphatic carbocycles. The van der Waals surface area contributed by atoms with Crippen LogP contribution in [-0.2, 0) is 6.61 Å². The van der Waals surface area contributed by atoms with Gasteiger partial charge >= 0.3 is 0 Å². The number of halogens is 2. The standard InChI is InChI=1S/C21H13F2N3O2/c1-24-14-7-19-16(20(27)8-14)11-25-26(19)15-9-17(22)21(18(23)10-15)28-12-13-5-3-2-4-6-13/h2-11,27H,12H2. The molecule has 4 aromatic rings. The molecule has 0 saturated carbocycles. The highest BCUT2D eigenvalue weighted by atomic mass is 19.1. The molecule has 1 N–H and O–H groups in total. The zero-order valence-electron chi connectivity index (χ0n) is 14.4. The molecule has 3 aromatic carbocycles. The van der Waals surface area contributed by atoms with Gasteiger partial charge in [0.25, 0.3) is 0 Å². The summed E-state index contributed by atoms with van der Waals surface area (Å²) in [4.78, 5) is 3.28. The Balaban J connectivity index is 1.71. The van der Waals surface area contributed by atoms with E-state index in [-0.39, 0.29) is 23.7 Å². The number of hydrogen-bond donors (Lipinski definition) is 1. The van der Waals surface area contributed by atoms with Crippen LogP contribution in [0.5, 0.6) is 11.5 Å². The Morgan fingerprint density at radius 1 is 1.07 bits per heavy atom. The lowest BCUT2D eigenvalue weighted by molar-refractivity contribution is 0.274. The Morgan fingerprint density at radius 3 is 2.46 bits per heavy atom. The Hall–Kier alpha value is -3.92. The van der Waals surface area contributed by atoms with Gasteiger partial charge in [-0.2, -0.15) is 5.10 Å². The summed E-state index contributed by atoms with van der Waals surface area (Å²) in [5, 5.41) is 14.5. The Morgan fingerprint density at radius 2 is 1.79 bits per heavy atom. The maximum absolute atomic E-state index is 14.5. The fourth-order valence-electron chi connectivity index (χ4n) is 2.90. The van der Waals surface area contributed by atoms with Crippen LogP contribution in [0.15, 0.2) is 60.8 Å². The molecule has 4 rings (SSSR count). The van der Waals surface area contributed by atoms with Crippen LogP contribution >= 0.6 is 0 Å². The average molecular weight is 377 g/mol. The first-order valence-electron chi connectivity index (χ1n) is 8.31. The number of fused-ring (bicyclic) bond motifs is 1. The molecule has 1 heterocycles. The van der Waals surface area contributed by atoms with Crippen molar-refractivity contribution in [1.29, 1.82) is 0 Å². The molecule has 7 heteroatoms. The molecule has 0 spiro atoms. The lowest BCUT2D eigenvalue weighted by Crippen LogP contribution is -2.03. The van der Waals surface area contributed by atoms with Gasteiger partial charge in [0.1, 0.15) is 12.4 Å². The molecule has 0 amide bonds. The molecule has 5 nitrogen and oxygen atoms in total. The van der Waals surface area contributed by atoms with E-state index in [1.54, 1.807) is 12.1 Å². The van der Waals surface area contributed by atoms with Crippen molar-refractivity contribution in [2.45, 2.75) is 6.61 Å². The van der Waals surface area contributed by atoms with E-state index in [9.17, 15) is 13.9 Å². The monoisotopic (exact) mass is 377 g/mol.